The second kappa shape index (κ2) is 8.06. The molecule has 1 aromatic heterocycles. The molecule has 0 saturated carbocycles. The fraction of sp³-hybridized carbons (Fsp3) is 0.450. The van der Waals surface area contributed by atoms with Crippen molar-refractivity contribution in [1.82, 2.24) is 4.90 Å². The standard InChI is InChI=1S/C20H23NO6S/c22-19(21-9-6-15(7-10-21)20-26-12-13-27-20)18-16(8-11-25-18)14-28(23,24)17-4-2-1-3-5-17/h1-5,8,11,15,20H,6-7,9-10,12-14H2. The predicted molar refractivity (Wildman–Crippen MR) is 100 cm³/mol. The summed E-state index contributed by atoms with van der Waals surface area (Å²) in [5, 5.41) is 0. The minimum Gasteiger partial charge on any atom is -0.459 e. The molecular formula is C20H23NO6S. The second-order valence-electron chi connectivity index (χ2n) is 7.09. The number of rotatable bonds is 5. The molecule has 2 aliphatic rings. The average molecular weight is 405 g/mol. The Hall–Kier alpha value is -2.16. The Bertz CT molecular complexity index is 909. The van der Waals surface area contributed by atoms with Crippen LogP contribution in [0.5, 0.6) is 0 Å². The molecule has 0 atom stereocenters. The third-order valence-corrected chi connectivity index (χ3v) is 6.93. The summed E-state index contributed by atoms with van der Waals surface area (Å²) in [6.07, 6.45) is 2.77. The largest absolute Gasteiger partial charge is 0.459 e. The number of nitrogens with zero attached hydrogens (tertiary/aromatic N) is 1. The van der Waals surface area contributed by atoms with Crippen LogP contribution in [0.15, 0.2) is 52.0 Å². The molecule has 0 radical (unpaired) electrons. The van der Waals surface area contributed by atoms with Crippen LogP contribution in [0.4, 0.5) is 0 Å². The number of sulfone groups is 1. The van der Waals surface area contributed by atoms with E-state index in [1.807, 2.05) is 0 Å². The first-order chi connectivity index (χ1) is 13.5. The van der Waals surface area contributed by atoms with Crippen LogP contribution in [0, 0.1) is 5.92 Å². The molecule has 2 aromatic rings. The highest BCUT2D eigenvalue weighted by Gasteiger charge is 2.33. The van der Waals surface area contributed by atoms with Crippen LogP contribution in [0.2, 0.25) is 0 Å². The van der Waals surface area contributed by atoms with Crippen molar-refractivity contribution in [3.8, 4) is 0 Å². The highest BCUT2D eigenvalue weighted by Crippen LogP contribution is 2.28. The van der Waals surface area contributed by atoms with E-state index >= 15 is 0 Å². The Balaban J connectivity index is 1.43. The summed E-state index contributed by atoms with van der Waals surface area (Å²) < 4.78 is 41.8. The summed E-state index contributed by atoms with van der Waals surface area (Å²) in [5.74, 6) is -0.156. The van der Waals surface area contributed by atoms with Gasteiger partial charge in [-0.25, -0.2) is 8.42 Å². The monoisotopic (exact) mass is 405 g/mol. The van der Waals surface area contributed by atoms with Gasteiger partial charge >= 0.3 is 0 Å². The van der Waals surface area contributed by atoms with Crippen molar-refractivity contribution in [2.75, 3.05) is 26.3 Å². The lowest BCUT2D eigenvalue weighted by Gasteiger charge is -2.33. The molecule has 7 nitrogen and oxygen atoms in total. The lowest BCUT2D eigenvalue weighted by Crippen LogP contribution is -2.41. The Morgan fingerprint density at radius 2 is 1.71 bits per heavy atom. The maximum Gasteiger partial charge on any atom is 0.289 e. The fourth-order valence-corrected chi connectivity index (χ4v) is 5.10. The molecule has 1 amide bonds. The number of benzene rings is 1. The molecule has 0 unspecified atom stereocenters. The molecular weight excluding hydrogens is 382 g/mol. The summed E-state index contributed by atoms with van der Waals surface area (Å²) in [6, 6.07) is 9.77. The smallest absolute Gasteiger partial charge is 0.289 e. The van der Waals surface area contributed by atoms with E-state index in [2.05, 4.69) is 0 Å². The van der Waals surface area contributed by atoms with Gasteiger partial charge in [0.15, 0.2) is 21.9 Å². The van der Waals surface area contributed by atoms with Crippen LogP contribution in [0.1, 0.15) is 29.0 Å². The van der Waals surface area contributed by atoms with Crippen LogP contribution in [0.3, 0.4) is 0 Å². The minimum atomic E-state index is -3.55. The number of amides is 1. The number of hydrogen-bond donors (Lipinski definition) is 0. The van der Waals surface area contributed by atoms with Crippen LogP contribution < -0.4 is 0 Å². The summed E-state index contributed by atoms with van der Waals surface area (Å²) in [5.41, 5.74) is 0.387. The van der Waals surface area contributed by atoms with Gasteiger partial charge < -0.3 is 18.8 Å². The number of carbonyl (C=O) groups excluding carboxylic acids is 1. The maximum atomic E-state index is 12.9. The van der Waals surface area contributed by atoms with E-state index in [9.17, 15) is 13.2 Å². The molecule has 150 valence electrons. The fourth-order valence-electron chi connectivity index (χ4n) is 3.72. The molecule has 28 heavy (non-hydrogen) atoms. The minimum absolute atomic E-state index is 0.103. The first-order valence-electron chi connectivity index (χ1n) is 9.41. The van der Waals surface area contributed by atoms with Gasteiger partial charge in [-0.3, -0.25) is 4.79 Å². The summed E-state index contributed by atoms with van der Waals surface area (Å²) in [7, 11) is -3.55. The van der Waals surface area contributed by atoms with E-state index in [0.29, 0.717) is 31.9 Å². The SMILES string of the molecule is O=C(c1occc1CS(=O)(=O)c1ccccc1)N1CCC(C2OCCO2)CC1. The number of likely N-dealkylation sites (tertiary alicyclic amines) is 1. The van der Waals surface area contributed by atoms with Gasteiger partial charge in [0.25, 0.3) is 5.91 Å². The van der Waals surface area contributed by atoms with E-state index in [1.165, 1.54) is 6.26 Å². The molecule has 8 heteroatoms. The summed E-state index contributed by atoms with van der Waals surface area (Å²) >= 11 is 0. The topological polar surface area (TPSA) is 86.0 Å². The Labute approximate surface area is 164 Å². The van der Waals surface area contributed by atoms with Crippen molar-refractivity contribution in [2.45, 2.75) is 29.8 Å². The van der Waals surface area contributed by atoms with Crippen molar-refractivity contribution < 1.29 is 27.1 Å². The second-order valence-corrected chi connectivity index (χ2v) is 9.08. The molecule has 0 N–H and O–H groups in total. The molecule has 1 aromatic carbocycles. The Morgan fingerprint density at radius 1 is 1.04 bits per heavy atom. The van der Waals surface area contributed by atoms with Crippen LogP contribution >= 0.6 is 0 Å². The molecule has 0 bridgehead atoms. The Kier molecular flexibility index (Phi) is 5.52. The van der Waals surface area contributed by atoms with Crippen molar-refractivity contribution in [3.05, 3.63) is 54.0 Å². The zero-order valence-corrected chi connectivity index (χ0v) is 16.3. The average Bonchev–Trinajstić information content (AvgIpc) is 3.40. The van der Waals surface area contributed by atoms with E-state index in [0.717, 1.165) is 12.8 Å². The highest BCUT2D eigenvalue weighted by molar-refractivity contribution is 7.90. The van der Waals surface area contributed by atoms with E-state index in [4.69, 9.17) is 13.9 Å². The molecule has 4 rings (SSSR count). The van der Waals surface area contributed by atoms with Gasteiger partial charge in [0.05, 0.1) is 30.1 Å². The number of hydrogen-bond acceptors (Lipinski definition) is 6. The van der Waals surface area contributed by atoms with E-state index in [-0.39, 0.29) is 34.5 Å². The lowest BCUT2D eigenvalue weighted by molar-refractivity contribution is -0.0956. The van der Waals surface area contributed by atoms with Crippen LogP contribution in [0.25, 0.3) is 0 Å². The molecule has 2 fully saturated rings. The van der Waals surface area contributed by atoms with E-state index < -0.39 is 9.84 Å². The van der Waals surface area contributed by atoms with Crippen molar-refractivity contribution in [1.29, 1.82) is 0 Å². The highest BCUT2D eigenvalue weighted by atomic mass is 32.2. The van der Waals surface area contributed by atoms with Crippen molar-refractivity contribution in [3.63, 3.8) is 0 Å². The molecule has 2 aliphatic heterocycles. The zero-order chi connectivity index (χ0) is 19.6. The molecule has 0 aliphatic carbocycles. The van der Waals surface area contributed by atoms with Gasteiger partial charge in [-0.05, 0) is 31.0 Å². The van der Waals surface area contributed by atoms with Crippen molar-refractivity contribution in [2.24, 2.45) is 5.92 Å². The van der Waals surface area contributed by atoms with Crippen molar-refractivity contribution >= 4 is 15.7 Å². The van der Waals surface area contributed by atoms with Crippen LogP contribution in [-0.4, -0.2) is 51.8 Å². The molecule has 2 saturated heterocycles. The van der Waals surface area contributed by atoms with Gasteiger partial charge in [0.1, 0.15) is 0 Å². The third kappa shape index (κ3) is 3.99. The summed E-state index contributed by atoms with van der Waals surface area (Å²) in [4.78, 5) is 14.8. The predicted octanol–water partition coefficient (Wildman–Crippen LogP) is 2.48. The third-order valence-electron chi connectivity index (χ3n) is 5.25. The normalized spacial score (nSPS) is 19.2. The maximum absolute atomic E-state index is 12.9. The number of ether oxygens (including phenoxy) is 2. The lowest BCUT2D eigenvalue weighted by atomic mass is 9.96. The first kappa shape index (κ1) is 19.2. The van der Waals surface area contributed by atoms with Gasteiger partial charge in [0, 0.05) is 24.6 Å². The first-order valence-corrected chi connectivity index (χ1v) is 11.1. The van der Waals surface area contributed by atoms with Gasteiger partial charge in [0.2, 0.25) is 0 Å². The molecule has 0 spiro atoms. The quantitative estimate of drug-likeness (QED) is 0.760. The number of furan rings is 1. The Morgan fingerprint density at radius 3 is 2.39 bits per heavy atom. The van der Waals surface area contributed by atoms with Crippen LogP contribution in [-0.2, 0) is 25.1 Å². The van der Waals surface area contributed by atoms with Gasteiger partial charge in [-0.1, -0.05) is 18.2 Å². The van der Waals surface area contributed by atoms with Gasteiger partial charge in [-0.15, -0.1) is 0 Å². The number of carbonyl (C=O) groups is 1. The van der Waals surface area contributed by atoms with E-state index in [1.54, 1.807) is 41.3 Å². The zero-order valence-electron chi connectivity index (χ0n) is 15.5. The molecule has 3 heterocycles. The summed E-state index contributed by atoms with van der Waals surface area (Å²) in [6.45, 7) is 2.38. The van der Waals surface area contributed by atoms with Gasteiger partial charge in [-0.2, -0.15) is 0 Å². The number of piperidine rings is 1.